The highest BCUT2D eigenvalue weighted by Gasteiger charge is 2.53. The molecular formula is C54H55O28+. The number of benzene rings is 4. The van der Waals surface area contributed by atoms with Crippen LogP contribution in [0.15, 0.2) is 101 Å². The van der Waals surface area contributed by atoms with Crippen LogP contribution in [0.25, 0.3) is 34.4 Å². The highest BCUT2D eigenvalue weighted by Crippen LogP contribution is 2.43. The molecule has 4 heterocycles. The number of phenolic OH excluding ortho intramolecular Hbond substituents is 5. The molecule has 28 nitrogen and oxygen atoms in total. The Hall–Kier alpha value is -8.23. The van der Waals surface area contributed by atoms with Crippen molar-refractivity contribution in [2.75, 3.05) is 19.8 Å². The average molecular weight is 1150 g/mol. The van der Waals surface area contributed by atoms with E-state index in [9.17, 15) is 85.6 Å². The number of aliphatic hydroxyl groups is 8. The van der Waals surface area contributed by atoms with Gasteiger partial charge >= 0.3 is 35.2 Å². The molecule has 5 aromatic rings. The maximum absolute atomic E-state index is 13.0. The number of fused-ring (bicyclic) bond motifs is 1. The second-order valence-corrected chi connectivity index (χ2v) is 18.8. The highest BCUT2D eigenvalue weighted by molar-refractivity contribution is 5.91. The van der Waals surface area contributed by atoms with Crippen LogP contribution < -0.4 is 9.47 Å². The first-order chi connectivity index (χ1) is 39.0. The SMILES string of the molecule is O=C(O)CC(=O)OC[C@H]1O[C@@H](Oc2cc(O)cc3[o+]c(-c4ccc(O)cc4)c(O[C@@H]4O[C@H](COC(=O)/C=C/c5ccc(O)cc5)[C@@H](O)[C@H](O)[C@H]4O[C@@H]4O[C@H](COC(=O)/C=C/c5ccc(O)c(O)c5)[C@@H](O)[C@H](O)[C@H]4O)cc23)[C@H](O)[C@@H](O)[C@@H]1O. The van der Waals surface area contributed by atoms with Gasteiger partial charge in [0.1, 0.15) is 122 Å². The van der Waals surface area contributed by atoms with Crippen molar-refractivity contribution < 1.29 is 138 Å². The molecule has 0 amide bonds. The molecule has 0 radical (unpaired) electrons. The molecule has 0 unspecified atom stereocenters. The molecule has 15 atom stereocenters. The molecule has 0 spiro atoms. The zero-order valence-electron chi connectivity index (χ0n) is 42.4. The van der Waals surface area contributed by atoms with Crippen molar-refractivity contribution in [3.05, 3.63) is 108 Å². The second kappa shape index (κ2) is 26.1. The zero-order chi connectivity index (χ0) is 59.1. The van der Waals surface area contributed by atoms with Crippen molar-refractivity contribution in [3.8, 4) is 51.6 Å². The Morgan fingerprint density at radius 3 is 1.61 bits per heavy atom. The number of esters is 3. The van der Waals surface area contributed by atoms with E-state index in [0.717, 1.165) is 30.4 Å². The van der Waals surface area contributed by atoms with Crippen LogP contribution in [0.1, 0.15) is 17.5 Å². The molecule has 4 aromatic carbocycles. The minimum Gasteiger partial charge on any atom is -0.508 e. The van der Waals surface area contributed by atoms with E-state index in [1.807, 2.05) is 0 Å². The van der Waals surface area contributed by atoms with E-state index in [1.54, 1.807) is 0 Å². The van der Waals surface area contributed by atoms with Gasteiger partial charge in [0.15, 0.2) is 23.9 Å². The number of carbonyl (C=O) groups is 4. The Bertz CT molecular complexity index is 3130. The predicted molar refractivity (Wildman–Crippen MR) is 271 cm³/mol. The van der Waals surface area contributed by atoms with Gasteiger partial charge in [0.05, 0.1) is 11.6 Å². The summed E-state index contributed by atoms with van der Waals surface area (Å²) >= 11 is 0. The molecular weight excluding hydrogens is 1100 g/mol. The average Bonchev–Trinajstić information content (AvgIpc) is 3.64. The van der Waals surface area contributed by atoms with Crippen LogP contribution in [0.4, 0.5) is 0 Å². The number of phenols is 5. The Labute approximate surface area is 461 Å². The molecule has 14 N–H and O–H groups in total. The van der Waals surface area contributed by atoms with Crippen molar-refractivity contribution in [1.29, 1.82) is 0 Å². The molecule has 0 saturated carbocycles. The number of aromatic hydroxyl groups is 5. The van der Waals surface area contributed by atoms with Crippen LogP contribution in [0.3, 0.4) is 0 Å². The van der Waals surface area contributed by atoms with Gasteiger partial charge in [-0.2, -0.15) is 0 Å². The fourth-order valence-corrected chi connectivity index (χ4v) is 8.51. The normalized spacial score (nSPS) is 28.4. The summed E-state index contributed by atoms with van der Waals surface area (Å²) < 4.78 is 57.8. The first kappa shape index (κ1) is 59.9. The van der Waals surface area contributed by atoms with Gasteiger partial charge in [-0.1, -0.05) is 18.2 Å². The van der Waals surface area contributed by atoms with Gasteiger partial charge in [0.25, 0.3) is 0 Å². The molecule has 82 heavy (non-hydrogen) atoms. The van der Waals surface area contributed by atoms with Crippen LogP contribution in [0.2, 0.25) is 0 Å². The van der Waals surface area contributed by atoms with Gasteiger partial charge in [0.2, 0.25) is 18.3 Å². The van der Waals surface area contributed by atoms with Crippen molar-refractivity contribution in [3.63, 3.8) is 0 Å². The summed E-state index contributed by atoms with van der Waals surface area (Å²) in [6.07, 6.45) is -26.0. The number of rotatable bonds is 19. The van der Waals surface area contributed by atoms with Crippen molar-refractivity contribution in [1.82, 2.24) is 0 Å². The van der Waals surface area contributed by atoms with Gasteiger partial charge < -0.3 is 114 Å². The maximum atomic E-state index is 13.0. The number of carbonyl (C=O) groups excluding carboxylic acids is 3. The van der Waals surface area contributed by atoms with Gasteiger partial charge in [0, 0.05) is 24.3 Å². The Morgan fingerprint density at radius 2 is 1.01 bits per heavy atom. The van der Waals surface area contributed by atoms with Gasteiger partial charge in [-0.3, -0.25) is 9.59 Å². The molecule has 438 valence electrons. The minimum atomic E-state index is -2.16. The number of aliphatic carboxylic acids is 1. The largest absolute Gasteiger partial charge is 0.508 e. The number of ether oxygens (including phenoxy) is 9. The van der Waals surface area contributed by atoms with Gasteiger partial charge in [-0.05, 0) is 71.8 Å². The van der Waals surface area contributed by atoms with E-state index in [2.05, 4.69) is 0 Å². The minimum absolute atomic E-state index is 0.0365. The van der Waals surface area contributed by atoms with E-state index in [-0.39, 0.29) is 39.4 Å². The van der Waals surface area contributed by atoms with Crippen molar-refractivity contribution in [2.24, 2.45) is 0 Å². The summed E-state index contributed by atoms with van der Waals surface area (Å²) in [7, 11) is 0. The van der Waals surface area contributed by atoms with E-state index < -0.39 is 171 Å². The number of hydrogen-bond acceptors (Lipinski definition) is 26. The van der Waals surface area contributed by atoms with Crippen molar-refractivity contribution in [2.45, 2.75) is 98.5 Å². The lowest BCUT2D eigenvalue weighted by atomic mass is 9.97. The van der Waals surface area contributed by atoms with Gasteiger partial charge in [-0.15, -0.1) is 0 Å². The molecule has 0 bridgehead atoms. The Morgan fingerprint density at radius 1 is 0.500 bits per heavy atom. The summed E-state index contributed by atoms with van der Waals surface area (Å²) in [6.45, 7) is -2.41. The standard InChI is InChI=1S/C54H54O28/c55-26-8-1-23(2-9-26)4-13-39(62)74-21-37-44(67)47(70)51(82-53-49(72)46(69)42(65)35(80-53)20-73-40(63)14-5-24-3-12-30(58)31(59)15-24)54(81-37)78-34-18-29-32(76-50(34)25-6-10-27(56)11-7-25)16-28(57)17-33(29)77-52-48(71)45(68)43(66)36(79-52)22-75-41(64)19-38(60)61/h1-18,35-37,42-49,51-54,65-72H,19-22H2,(H5-,55,56,57,58,59,60,61,62,63)/p+1/t35-,36-,37-,42-,43-,44-,45+,46+,47+,48-,49-,51-,52-,53+,54-/m1/s1. The monoisotopic (exact) mass is 1150 g/mol. The molecule has 8 rings (SSSR count). The third kappa shape index (κ3) is 14.4. The molecule has 3 aliphatic rings. The smallest absolute Gasteiger partial charge is 0.402 e. The fourth-order valence-electron chi connectivity index (χ4n) is 8.51. The zero-order valence-corrected chi connectivity index (χ0v) is 42.4. The molecule has 0 aliphatic carbocycles. The first-order valence-corrected chi connectivity index (χ1v) is 24.7. The number of hydrogen-bond donors (Lipinski definition) is 14. The molecule has 1 aromatic heterocycles. The second-order valence-electron chi connectivity index (χ2n) is 18.8. The summed E-state index contributed by atoms with van der Waals surface area (Å²) in [5.41, 5.74) is 0.687. The number of aliphatic hydroxyl groups excluding tert-OH is 8. The van der Waals surface area contributed by atoms with Crippen molar-refractivity contribution >= 4 is 47.0 Å². The Kier molecular flexibility index (Phi) is 19.1. The predicted octanol–water partition coefficient (Wildman–Crippen LogP) is -0.355. The third-order valence-electron chi connectivity index (χ3n) is 12.9. The molecule has 3 fully saturated rings. The van der Waals surface area contributed by atoms with E-state index >= 15 is 0 Å². The first-order valence-electron chi connectivity index (χ1n) is 24.7. The summed E-state index contributed by atoms with van der Waals surface area (Å²) in [5, 5.41) is 148. The van der Waals surface area contributed by atoms with Crippen LogP contribution in [0.5, 0.6) is 40.2 Å². The lowest BCUT2D eigenvalue weighted by Gasteiger charge is -2.45. The van der Waals surface area contributed by atoms with E-state index in [4.69, 9.17) is 52.2 Å². The van der Waals surface area contributed by atoms with Crippen LogP contribution in [-0.4, -0.2) is 207 Å². The summed E-state index contributed by atoms with van der Waals surface area (Å²) in [5.74, 6) is -7.46. The Balaban J connectivity index is 1.12. The molecule has 28 heteroatoms. The summed E-state index contributed by atoms with van der Waals surface area (Å²) in [4.78, 5) is 48.7. The lowest BCUT2D eigenvalue weighted by Crippen LogP contribution is -2.65. The van der Waals surface area contributed by atoms with Gasteiger partial charge in [-0.25, -0.2) is 14.0 Å². The fraction of sp³-hybridized carbons (Fsp3) is 0.352. The molecule has 3 aliphatic heterocycles. The summed E-state index contributed by atoms with van der Waals surface area (Å²) in [6, 6.07) is 17.9. The maximum Gasteiger partial charge on any atom is 0.402 e. The van der Waals surface area contributed by atoms with E-state index in [0.29, 0.717) is 5.56 Å². The molecule has 3 saturated heterocycles. The number of carboxylic acid groups (broad SMARTS) is 1. The van der Waals surface area contributed by atoms with Crippen LogP contribution >= 0.6 is 0 Å². The third-order valence-corrected chi connectivity index (χ3v) is 12.9. The van der Waals surface area contributed by atoms with E-state index in [1.165, 1.54) is 78.9 Å². The van der Waals surface area contributed by atoms with Crippen LogP contribution in [-0.2, 0) is 52.3 Å². The van der Waals surface area contributed by atoms with Crippen LogP contribution in [0, 0.1) is 0 Å². The quantitative estimate of drug-likeness (QED) is 0.0125. The lowest BCUT2D eigenvalue weighted by molar-refractivity contribution is -0.358. The highest BCUT2D eigenvalue weighted by atomic mass is 16.8. The topological polar surface area (TPSA) is 446 Å². The number of carboxylic acids is 1.